The number of hydrogen-bond donors (Lipinski definition) is 0. The van der Waals surface area contributed by atoms with Gasteiger partial charge in [-0.05, 0) is 68.0 Å². The monoisotopic (exact) mass is 416 g/mol. The molecule has 1 amide bonds. The van der Waals surface area contributed by atoms with Gasteiger partial charge in [0.15, 0.2) is 0 Å². The molecule has 0 spiro atoms. The van der Waals surface area contributed by atoms with Crippen LogP contribution in [-0.2, 0) is 11.2 Å². The van der Waals surface area contributed by atoms with Crippen LogP contribution in [0.2, 0.25) is 0 Å². The van der Waals surface area contributed by atoms with Crippen molar-refractivity contribution in [1.29, 1.82) is 0 Å². The zero-order valence-electron chi connectivity index (χ0n) is 18.3. The van der Waals surface area contributed by atoms with Crippen LogP contribution in [0.25, 0.3) is 11.1 Å². The topological polar surface area (TPSA) is 68.2 Å². The Hall–Kier alpha value is -3.28. The molecule has 3 aromatic rings. The number of ether oxygens (including phenoxy) is 1. The lowest BCUT2D eigenvalue weighted by Gasteiger charge is -2.36. The fraction of sp³-hybridized carbons (Fsp3) is 0.360. The van der Waals surface area contributed by atoms with E-state index in [1.807, 2.05) is 55.3 Å². The molecule has 1 aliphatic rings. The fourth-order valence-electron chi connectivity index (χ4n) is 4.34. The summed E-state index contributed by atoms with van der Waals surface area (Å²) in [4.78, 5) is 28.8. The molecular formula is C25H28N4O2. The van der Waals surface area contributed by atoms with Crippen molar-refractivity contribution in [3.63, 3.8) is 0 Å². The number of nitrogens with zero attached hydrogens (tertiary/aromatic N) is 4. The molecule has 1 atom stereocenters. The van der Waals surface area contributed by atoms with Gasteiger partial charge in [-0.15, -0.1) is 0 Å². The molecule has 0 aliphatic carbocycles. The van der Waals surface area contributed by atoms with Crippen LogP contribution in [0, 0.1) is 13.8 Å². The normalized spacial score (nSPS) is 16.2. The Morgan fingerprint density at radius 2 is 1.97 bits per heavy atom. The van der Waals surface area contributed by atoms with E-state index in [1.165, 1.54) is 0 Å². The Balaban J connectivity index is 1.64. The van der Waals surface area contributed by atoms with Gasteiger partial charge in [-0.1, -0.05) is 12.1 Å². The first-order valence-electron chi connectivity index (χ1n) is 10.7. The number of pyridine rings is 1. The van der Waals surface area contributed by atoms with Gasteiger partial charge in [-0.3, -0.25) is 9.78 Å². The quantitative estimate of drug-likeness (QED) is 0.614. The molecule has 0 unspecified atom stereocenters. The van der Waals surface area contributed by atoms with Crippen molar-refractivity contribution in [3.05, 3.63) is 71.6 Å². The van der Waals surface area contributed by atoms with E-state index in [9.17, 15) is 4.79 Å². The summed E-state index contributed by atoms with van der Waals surface area (Å²) in [6, 6.07) is 9.82. The van der Waals surface area contributed by atoms with E-state index in [2.05, 4.69) is 9.97 Å². The minimum Gasteiger partial charge on any atom is -0.496 e. The molecule has 0 bridgehead atoms. The highest BCUT2D eigenvalue weighted by molar-refractivity contribution is 5.80. The van der Waals surface area contributed by atoms with Gasteiger partial charge in [-0.25, -0.2) is 9.97 Å². The number of methoxy groups -OCH3 is 1. The van der Waals surface area contributed by atoms with E-state index in [0.29, 0.717) is 6.42 Å². The number of likely N-dealkylation sites (tertiary alicyclic amines) is 1. The van der Waals surface area contributed by atoms with Crippen LogP contribution in [0.15, 0.2) is 48.9 Å². The Morgan fingerprint density at radius 1 is 1.16 bits per heavy atom. The summed E-state index contributed by atoms with van der Waals surface area (Å²) < 4.78 is 5.35. The molecule has 4 rings (SSSR count). The second-order valence-electron chi connectivity index (χ2n) is 8.03. The third kappa shape index (κ3) is 4.58. The number of benzene rings is 1. The molecule has 1 fully saturated rings. The lowest BCUT2D eigenvalue weighted by molar-refractivity contribution is -0.134. The number of hydrogen-bond acceptors (Lipinski definition) is 5. The van der Waals surface area contributed by atoms with Crippen molar-refractivity contribution in [2.24, 2.45) is 0 Å². The minimum absolute atomic E-state index is 0.0505. The Bertz CT molecular complexity index is 1070. The molecule has 160 valence electrons. The van der Waals surface area contributed by atoms with Crippen LogP contribution >= 0.6 is 0 Å². The zero-order chi connectivity index (χ0) is 21.8. The molecule has 1 aliphatic heterocycles. The predicted molar refractivity (Wildman–Crippen MR) is 120 cm³/mol. The highest BCUT2D eigenvalue weighted by atomic mass is 16.5. The highest BCUT2D eigenvalue weighted by Crippen LogP contribution is 2.36. The summed E-state index contributed by atoms with van der Waals surface area (Å²) in [5.41, 5.74) is 4.96. The van der Waals surface area contributed by atoms with Gasteiger partial charge in [0.1, 0.15) is 11.6 Å². The van der Waals surface area contributed by atoms with Gasteiger partial charge < -0.3 is 9.64 Å². The fourth-order valence-corrected chi connectivity index (χ4v) is 4.34. The van der Waals surface area contributed by atoms with Crippen molar-refractivity contribution >= 4 is 5.91 Å². The van der Waals surface area contributed by atoms with Crippen LogP contribution in [0.5, 0.6) is 5.75 Å². The van der Waals surface area contributed by atoms with Crippen LogP contribution < -0.4 is 4.74 Å². The molecule has 1 aromatic carbocycles. The van der Waals surface area contributed by atoms with E-state index >= 15 is 0 Å². The molecule has 0 radical (unpaired) electrons. The SMILES string of the molecule is COc1ccc(CC(=O)N2CCCC[C@@H]2c2nc(C)ncc2-c2ccncc2)cc1C. The summed E-state index contributed by atoms with van der Waals surface area (Å²) >= 11 is 0. The molecule has 3 heterocycles. The second kappa shape index (κ2) is 9.25. The van der Waals surface area contributed by atoms with Gasteiger partial charge in [-0.2, -0.15) is 0 Å². The van der Waals surface area contributed by atoms with Crippen LogP contribution in [-0.4, -0.2) is 39.4 Å². The van der Waals surface area contributed by atoms with E-state index in [0.717, 1.165) is 65.3 Å². The lowest BCUT2D eigenvalue weighted by Crippen LogP contribution is -2.40. The van der Waals surface area contributed by atoms with E-state index in [-0.39, 0.29) is 11.9 Å². The summed E-state index contributed by atoms with van der Waals surface area (Å²) in [7, 11) is 1.66. The van der Waals surface area contributed by atoms with Crippen molar-refractivity contribution in [2.75, 3.05) is 13.7 Å². The number of carbonyl (C=O) groups is 1. The number of amides is 1. The highest BCUT2D eigenvalue weighted by Gasteiger charge is 2.31. The minimum atomic E-state index is -0.0505. The number of aryl methyl sites for hydroxylation is 2. The molecule has 1 saturated heterocycles. The van der Waals surface area contributed by atoms with Crippen molar-refractivity contribution in [3.8, 4) is 16.9 Å². The largest absolute Gasteiger partial charge is 0.496 e. The Labute approximate surface area is 183 Å². The summed E-state index contributed by atoms with van der Waals surface area (Å²) in [6.45, 7) is 4.65. The molecule has 31 heavy (non-hydrogen) atoms. The van der Waals surface area contributed by atoms with Crippen LogP contribution in [0.3, 0.4) is 0 Å². The second-order valence-corrected chi connectivity index (χ2v) is 8.03. The summed E-state index contributed by atoms with van der Waals surface area (Å²) in [5, 5.41) is 0. The Kier molecular flexibility index (Phi) is 6.26. The summed E-state index contributed by atoms with van der Waals surface area (Å²) in [5.74, 6) is 1.69. The average molecular weight is 417 g/mol. The number of rotatable bonds is 5. The van der Waals surface area contributed by atoms with Gasteiger partial charge in [0.25, 0.3) is 0 Å². The molecule has 6 nitrogen and oxygen atoms in total. The first-order valence-corrected chi connectivity index (χ1v) is 10.7. The third-order valence-electron chi connectivity index (χ3n) is 5.88. The average Bonchev–Trinajstić information content (AvgIpc) is 2.80. The molecule has 2 aromatic heterocycles. The van der Waals surface area contributed by atoms with Gasteiger partial charge in [0, 0.05) is 30.7 Å². The van der Waals surface area contributed by atoms with E-state index in [4.69, 9.17) is 9.72 Å². The standard InChI is InChI=1S/C25H28N4O2/c1-17-14-19(7-8-23(17)31-3)15-24(30)29-13-5-4-6-22(29)25-21(16-27-18(2)28-25)20-9-11-26-12-10-20/h7-12,14,16,22H,4-6,13,15H2,1-3H3/t22-/m1/s1. The van der Waals surface area contributed by atoms with E-state index in [1.54, 1.807) is 19.5 Å². The maximum absolute atomic E-state index is 13.4. The maximum atomic E-state index is 13.4. The van der Waals surface area contributed by atoms with Crippen LogP contribution in [0.1, 0.15) is 47.9 Å². The molecular weight excluding hydrogens is 388 g/mol. The number of aromatic nitrogens is 3. The van der Waals surface area contributed by atoms with Gasteiger partial charge >= 0.3 is 0 Å². The van der Waals surface area contributed by atoms with Crippen molar-refractivity contribution < 1.29 is 9.53 Å². The summed E-state index contributed by atoms with van der Waals surface area (Å²) in [6.07, 6.45) is 8.78. The number of carbonyl (C=O) groups excluding carboxylic acids is 1. The maximum Gasteiger partial charge on any atom is 0.227 e. The predicted octanol–water partition coefficient (Wildman–Crippen LogP) is 4.46. The van der Waals surface area contributed by atoms with Gasteiger partial charge in [0.05, 0.1) is 25.3 Å². The first-order chi connectivity index (χ1) is 15.1. The number of piperidine rings is 1. The van der Waals surface area contributed by atoms with E-state index < -0.39 is 0 Å². The first kappa shape index (κ1) is 21.0. The van der Waals surface area contributed by atoms with Crippen molar-refractivity contribution in [1.82, 2.24) is 19.9 Å². The van der Waals surface area contributed by atoms with Crippen molar-refractivity contribution in [2.45, 2.75) is 45.6 Å². The molecule has 0 saturated carbocycles. The zero-order valence-corrected chi connectivity index (χ0v) is 18.3. The molecule has 0 N–H and O–H groups in total. The Morgan fingerprint density at radius 3 is 2.71 bits per heavy atom. The van der Waals surface area contributed by atoms with Crippen LogP contribution in [0.4, 0.5) is 0 Å². The van der Waals surface area contributed by atoms with Gasteiger partial charge in [0.2, 0.25) is 5.91 Å². The molecule has 6 heteroatoms. The smallest absolute Gasteiger partial charge is 0.227 e. The third-order valence-corrected chi connectivity index (χ3v) is 5.88. The lowest BCUT2D eigenvalue weighted by atomic mass is 9.93.